The van der Waals surface area contributed by atoms with Crippen LogP contribution in [-0.2, 0) is 9.59 Å². The molecule has 0 saturated heterocycles. The van der Waals surface area contributed by atoms with Crippen molar-refractivity contribution in [3.8, 4) is 0 Å². The summed E-state index contributed by atoms with van der Waals surface area (Å²) in [5, 5.41) is 11.0. The highest BCUT2D eigenvalue weighted by molar-refractivity contribution is 5.84. The second-order valence-corrected chi connectivity index (χ2v) is 3.20. The third-order valence-electron chi connectivity index (χ3n) is 1.71. The van der Waals surface area contributed by atoms with Crippen LogP contribution in [0.4, 0.5) is 0 Å². The lowest BCUT2D eigenvalue weighted by Gasteiger charge is -2.18. The third kappa shape index (κ3) is 4.00. The van der Waals surface area contributed by atoms with Gasteiger partial charge in [0.15, 0.2) is 0 Å². The van der Waals surface area contributed by atoms with E-state index in [2.05, 4.69) is 5.32 Å². The predicted molar refractivity (Wildman–Crippen MR) is 47.9 cm³/mol. The first kappa shape index (κ1) is 12.1. The molecule has 5 nitrogen and oxygen atoms in total. The summed E-state index contributed by atoms with van der Waals surface area (Å²) in [6.45, 7) is 3.20. The minimum atomic E-state index is -0.957. The smallest absolute Gasteiger partial charge is 0.239 e. The molecule has 0 aliphatic rings. The Bertz CT molecular complexity index is 182. The van der Waals surface area contributed by atoms with E-state index < -0.39 is 24.6 Å². The molecule has 1 amide bonds. The van der Waals surface area contributed by atoms with Crippen LogP contribution < -0.4 is 11.1 Å². The van der Waals surface area contributed by atoms with Gasteiger partial charge in [-0.2, -0.15) is 0 Å². The van der Waals surface area contributed by atoms with Crippen LogP contribution in [0.3, 0.4) is 0 Å². The van der Waals surface area contributed by atoms with E-state index in [0.717, 1.165) is 0 Å². The number of nitrogens with two attached hydrogens (primary N) is 1. The minimum Gasteiger partial charge on any atom is -0.394 e. The van der Waals surface area contributed by atoms with Gasteiger partial charge in [0.2, 0.25) is 5.91 Å². The quantitative estimate of drug-likeness (QED) is 0.465. The molecule has 0 bridgehead atoms. The van der Waals surface area contributed by atoms with Gasteiger partial charge in [-0.1, -0.05) is 13.8 Å². The Kier molecular flexibility index (Phi) is 5.25. The number of carbonyl (C=O) groups is 2. The molecule has 2 atom stereocenters. The summed E-state index contributed by atoms with van der Waals surface area (Å²) >= 11 is 0. The van der Waals surface area contributed by atoms with Crippen molar-refractivity contribution in [1.82, 2.24) is 5.32 Å². The van der Waals surface area contributed by atoms with Gasteiger partial charge in [-0.3, -0.25) is 4.79 Å². The average molecular weight is 188 g/mol. The molecule has 5 heteroatoms. The fourth-order valence-corrected chi connectivity index (χ4v) is 0.712. The van der Waals surface area contributed by atoms with Crippen molar-refractivity contribution in [1.29, 1.82) is 0 Å². The zero-order valence-corrected chi connectivity index (χ0v) is 7.86. The average Bonchev–Trinajstić information content (AvgIpc) is 2.11. The van der Waals surface area contributed by atoms with Crippen LogP contribution in [0.1, 0.15) is 13.8 Å². The van der Waals surface area contributed by atoms with E-state index in [9.17, 15) is 9.59 Å². The van der Waals surface area contributed by atoms with Gasteiger partial charge in [0.1, 0.15) is 12.3 Å². The van der Waals surface area contributed by atoms with Crippen molar-refractivity contribution >= 4 is 12.2 Å². The van der Waals surface area contributed by atoms with Gasteiger partial charge in [-0.15, -0.1) is 0 Å². The molecule has 0 aliphatic carbocycles. The van der Waals surface area contributed by atoms with Gasteiger partial charge in [0.05, 0.1) is 12.6 Å². The molecule has 0 unspecified atom stereocenters. The Morgan fingerprint density at radius 2 is 2.15 bits per heavy atom. The summed E-state index contributed by atoms with van der Waals surface area (Å²) in [4.78, 5) is 21.6. The molecule has 0 saturated carbocycles. The number of carbonyl (C=O) groups excluding carboxylic acids is 2. The van der Waals surface area contributed by atoms with Gasteiger partial charge in [0.25, 0.3) is 0 Å². The highest BCUT2D eigenvalue weighted by Gasteiger charge is 2.18. The maximum atomic E-state index is 11.1. The van der Waals surface area contributed by atoms with Crippen LogP contribution in [0, 0.1) is 5.92 Å². The van der Waals surface area contributed by atoms with Gasteiger partial charge in [0, 0.05) is 0 Å². The number of amides is 1. The van der Waals surface area contributed by atoms with Crippen molar-refractivity contribution in [2.45, 2.75) is 25.9 Å². The zero-order chi connectivity index (χ0) is 10.4. The van der Waals surface area contributed by atoms with E-state index in [4.69, 9.17) is 10.8 Å². The highest BCUT2D eigenvalue weighted by Crippen LogP contribution is 1.98. The van der Waals surface area contributed by atoms with Crippen molar-refractivity contribution in [3.05, 3.63) is 0 Å². The fraction of sp³-hybridized carbons (Fsp3) is 0.750. The monoisotopic (exact) mass is 188 g/mol. The topological polar surface area (TPSA) is 92.4 Å². The number of rotatable bonds is 5. The number of hydrogen-bond donors (Lipinski definition) is 3. The zero-order valence-electron chi connectivity index (χ0n) is 7.86. The molecule has 0 aliphatic heterocycles. The minimum absolute atomic E-state index is 0.0207. The van der Waals surface area contributed by atoms with Crippen LogP contribution in [0.15, 0.2) is 0 Å². The summed E-state index contributed by atoms with van der Waals surface area (Å²) in [6, 6.07) is -1.49. The van der Waals surface area contributed by atoms with Crippen LogP contribution in [-0.4, -0.2) is 36.0 Å². The Labute approximate surface area is 77.3 Å². The normalized spacial score (nSPS) is 15.2. The summed E-state index contributed by atoms with van der Waals surface area (Å²) < 4.78 is 0. The molecule has 0 aromatic rings. The Morgan fingerprint density at radius 3 is 2.46 bits per heavy atom. The number of hydrogen-bond acceptors (Lipinski definition) is 4. The van der Waals surface area contributed by atoms with Crippen LogP contribution >= 0.6 is 0 Å². The number of nitrogens with one attached hydrogen (secondary N) is 1. The fourth-order valence-electron chi connectivity index (χ4n) is 0.712. The Morgan fingerprint density at radius 1 is 1.62 bits per heavy atom. The molecule has 0 aromatic carbocycles. The SMILES string of the molecule is CC(C)[C@@H](C=O)NC(=O)[C@@H](N)CO. The molecule has 0 aromatic heterocycles. The number of aliphatic hydroxyl groups excluding tert-OH is 1. The maximum Gasteiger partial charge on any atom is 0.239 e. The first-order valence-corrected chi connectivity index (χ1v) is 4.15. The second-order valence-electron chi connectivity index (χ2n) is 3.20. The van der Waals surface area contributed by atoms with E-state index in [1.165, 1.54) is 0 Å². The van der Waals surface area contributed by atoms with Crippen LogP contribution in [0.25, 0.3) is 0 Å². The molecule has 4 N–H and O–H groups in total. The van der Waals surface area contributed by atoms with Crippen molar-refractivity contribution in [3.63, 3.8) is 0 Å². The lowest BCUT2D eigenvalue weighted by Crippen LogP contribution is -2.49. The van der Waals surface area contributed by atoms with Crippen molar-refractivity contribution in [2.75, 3.05) is 6.61 Å². The molecule has 76 valence electrons. The van der Waals surface area contributed by atoms with Gasteiger partial charge >= 0.3 is 0 Å². The molecular formula is C8H16N2O3. The van der Waals surface area contributed by atoms with Crippen molar-refractivity contribution < 1.29 is 14.7 Å². The van der Waals surface area contributed by atoms with E-state index in [1.807, 2.05) is 13.8 Å². The summed E-state index contributed by atoms with van der Waals surface area (Å²) in [5.74, 6) is -0.486. The van der Waals surface area contributed by atoms with E-state index in [-0.39, 0.29) is 5.92 Å². The summed E-state index contributed by atoms with van der Waals surface area (Å²) in [7, 11) is 0. The molecule has 0 radical (unpaired) electrons. The molecule has 13 heavy (non-hydrogen) atoms. The maximum absolute atomic E-state index is 11.1. The molecular weight excluding hydrogens is 172 g/mol. The number of aldehydes is 1. The van der Waals surface area contributed by atoms with Gasteiger partial charge in [-0.05, 0) is 5.92 Å². The molecule has 0 rings (SSSR count). The molecule has 0 fully saturated rings. The molecule has 0 spiro atoms. The molecule has 0 heterocycles. The first-order chi connectivity index (χ1) is 6.02. The third-order valence-corrected chi connectivity index (χ3v) is 1.71. The second kappa shape index (κ2) is 5.66. The number of aliphatic hydroxyl groups is 1. The van der Waals surface area contributed by atoms with Gasteiger partial charge in [-0.25, -0.2) is 0 Å². The lowest BCUT2D eigenvalue weighted by atomic mass is 10.1. The lowest BCUT2D eigenvalue weighted by molar-refractivity contribution is -0.126. The first-order valence-electron chi connectivity index (χ1n) is 4.15. The van der Waals surface area contributed by atoms with Crippen LogP contribution in [0.5, 0.6) is 0 Å². The van der Waals surface area contributed by atoms with E-state index >= 15 is 0 Å². The highest BCUT2D eigenvalue weighted by atomic mass is 16.3. The standard InChI is InChI=1S/C8H16N2O3/c1-5(2)7(4-12)10-8(13)6(9)3-11/h4-7,11H,3,9H2,1-2H3,(H,10,13)/t6-,7+/m0/s1. The van der Waals surface area contributed by atoms with Crippen molar-refractivity contribution in [2.24, 2.45) is 11.7 Å². The van der Waals surface area contributed by atoms with Crippen LogP contribution in [0.2, 0.25) is 0 Å². The Balaban J connectivity index is 4.08. The largest absolute Gasteiger partial charge is 0.394 e. The van der Waals surface area contributed by atoms with Gasteiger partial charge < -0.3 is 21.0 Å². The summed E-state index contributed by atoms with van der Waals surface area (Å²) in [5.41, 5.74) is 5.24. The van der Waals surface area contributed by atoms with E-state index in [0.29, 0.717) is 6.29 Å². The summed E-state index contributed by atoms with van der Waals surface area (Å²) in [6.07, 6.45) is 0.659. The predicted octanol–water partition coefficient (Wildman–Crippen LogP) is -1.35. The Hall–Kier alpha value is -0.940. The van der Waals surface area contributed by atoms with E-state index in [1.54, 1.807) is 0 Å².